The molecule has 2 nitrogen and oxygen atoms in total. The van der Waals surface area contributed by atoms with Crippen LogP contribution in [0.1, 0.15) is 42.9 Å². The molecule has 0 radical (unpaired) electrons. The van der Waals surface area contributed by atoms with Crippen molar-refractivity contribution in [3.63, 3.8) is 0 Å². The summed E-state index contributed by atoms with van der Waals surface area (Å²) in [6.45, 7) is 5.74. The smallest absolute Gasteiger partial charge is 0.151 e. The molecular formula is C11H13ClN2. The molecule has 1 aliphatic rings. The largest absolute Gasteiger partial charge is 0.232 e. The van der Waals surface area contributed by atoms with Gasteiger partial charge in [-0.25, -0.2) is 9.97 Å². The van der Waals surface area contributed by atoms with Gasteiger partial charge in [0.05, 0.1) is 16.4 Å². The Morgan fingerprint density at radius 2 is 2.21 bits per heavy atom. The maximum Gasteiger partial charge on any atom is 0.151 e. The lowest BCUT2D eigenvalue weighted by molar-refractivity contribution is 0.918. The molecule has 0 unspecified atom stereocenters. The predicted molar refractivity (Wildman–Crippen MR) is 58.5 cm³/mol. The summed E-state index contributed by atoms with van der Waals surface area (Å²) < 4.78 is 0. The highest BCUT2D eigenvalue weighted by Crippen LogP contribution is 2.42. The van der Waals surface area contributed by atoms with Crippen LogP contribution in [0.25, 0.3) is 6.08 Å². The number of nitrogens with zero attached hydrogens (tertiary/aromatic N) is 2. The summed E-state index contributed by atoms with van der Waals surface area (Å²) >= 11 is 6.21. The lowest BCUT2D eigenvalue weighted by Gasteiger charge is -2.07. The van der Waals surface area contributed by atoms with Gasteiger partial charge in [-0.1, -0.05) is 25.1 Å². The highest BCUT2D eigenvalue weighted by molar-refractivity contribution is 6.31. The van der Waals surface area contributed by atoms with Crippen molar-refractivity contribution in [2.24, 2.45) is 0 Å². The molecule has 0 N–H and O–H groups in total. The summed E-state index contributed by atoms with van der Waals surface area (Å²) in [6, 6.07) is 0. The monoisotopic (exact) mass is 208 g/mol. The van der Waals surface area contributed by atoms with Crippen LogP contribution >= 0.6 is 11.6 Å². The van der Waals surface area contributed by atoms with Crippen LogP contribution in [-0.2, 0) is 6.42 Å². The molecule has 1 aliphatic carbocycles. The third-order valence-electron chi connectivity index (χ3n) is 2.44. The van der Waals surface area contributed by atoms with Gasteiger partial charge in [0.2, 0.25) is 0 Å². The Morgan fingerprint density at radius 1 is 1.50 bits per heavy atom. The molecule has 0 aliphatic heterocycles. The second-order valence-corrected chi connectivity index (χ2v) is 3.94. The minimum Gasteiger partial charge on any atom is -0.232 e. The zero-order chi connectivity index (χ0) is 10.1. The van der Waals surface area contributed by atoms with Crippen LogP contribution in [0.4, 0.5) is 0 Å². The van der Waals surface area contributed by atoms with E-state index in [1.54, 1.807) is 6.08 Å². The molecule has 1 fully saturated rings. The van der Waals surface area contributed by atoms with Gasteiger partial charge in [-0.3, -0.25) is 0 Å². The van der Waals surface area contributed by atoms with Gasteiger partial charge in [-0.15, -0.1) is 0 Å². The van der Waals surface area contributed by atoms with Gasteiger partial charge in [0, 0.05) is 5.92 Å². The molecule has 0 bridgehead atoms. The Bertz CT molecular complexity index is 370. The molecule has 3 heteroatoms. The average molecular weight is 209 g/mol. The molecule has 1 aromatic rings. The molecule has 0 saturated heterocycles. The number of rotatable bonds is 3. The van der Waals surface area contributed by atoms with Crippen molar-refractivity contribution in [1.82, 2.24) is 9.97 Å². The van der Waals surface area contributed by atoms with Crippen LogP contribution in [0.3, 0.4) is 0 Å². The number of aryl methyl sites for hydroxylation is 1. The van der Waals surface area contributed by atoms with E-state index in [-0.39, 0.29) is 0 Å². The van der Waals surface area contributed by atoms with Crippen LogP contribution in [0.15, 0.2) is 6.58 Å². The standard InChI is InChI=1S/C11H13ClN2/c1-3-8-10(12)11(7-5-6-7)14-9(4-2)13-8/h4,7H,2-3,5-6H2,1H3. The average Bonchev–Trinajstić information content (AvgIpc) is 3.02. The number of halogens is 1. The van der Waals surface area contributed by atoms with Gasteiger partial charge in [-0.05, 0) is 25.3 Å². The van der Waals surface area contributed by atoms with Gasteiger partial charge in [0.15, 0.2) is 5.82 Å². The van der Waals surface area contributed by atoms with Crippen LogP contribution in [0, 0.1) is 0 Å². The van der Waals surface area contributed by atoms with E-state index in [9.17, 15) is 0 Å². The molecule has 0 amide bonds. The van der Waals surface area contributed by atoms with Crippen molar-refractivity contribution >= 4 is 17.7 Å². The first-order valence-corrected chi connectivity index (χ1v) is 5.32. The normalized spacial score (nSPS) is 15.6. The Kier molecular flexibility index (Phi) is 2.55. The fourth-order valence-corrected chi connectivity index (χ4v) is 1.86. The summed E-state index contributed by atoms with van der Waals surface area (Å²) in [5, 5.41) is 0.764. The molecule has 0 atom stereocenters. The first kappa shape index (κ1) is 9.66. The second-order valence-electron chi connectivity index (χ2n) is 3.56. The molecular weight excluding hydrogens is 196 g/mol. The molecule has 2 rings (SSSR count). The molecule has 0 spiro atoms. The summed E-state index contributed by atoms with van der Waals surface area (Å²) in [7, 11) is 0. The SMILES string of the molecule is C=Cc1nc(CC)c(Cl)c(C2CC2)n1. The van der Waals surface area contributed by atoms with E-state index in [0.717, 1.165) is 22.8 Å². The van der Waals surface area contributed by atoms with Crippen molar-refractivity contribution < 1.29 is 0 Å². The Balaban J connectivity index is 2.50. The Morgan fingerprint density at radius 3 is 2.71 bits per heavy atom. The zero-order valence-electron chi connectivity index (χ0n) is 8.26. The lowest BCUT2D eigenvalue weighted by atomic mass is 10.2. The molecule has 74 valence electrons. The number of hydrogen-bond donors (Lipinski definition) is 0. The Hall–Kier alpha value is -0.890. The van der Waals surface area contributed by atoms with E-state index in [0.29, 0.717) is 11.7 Å². The first-order chi connectivity index (χ1) is 6.76. The van der Waals surface area contributed by atoms with Crippen molar-refractivity contribution in [3.05, 3.63) is 28.8 Å². The number of hydrogen-bond acceptors (Lipinski definition) is 2. The van der Waals surface area contributed by atoms with Gasteiger partial charge in [-0.2, -0.15) is 0 Å². The fourth-order valence-electron chi connectivity index (χ4n) is 1.49. The van der Waals surface area contributed by atoms with Crippen LogP contribution in [0.5, 0.6) is 0 Å². The summed E-state index contributed by atoms with van der Waals surface area (Å²) in [5.41, 5.74) is 1.96. The predicted octanol–water partition coefficient (Wildman–Crippen LogP) is 3.21. The minimum atomic E-state index is 0.564. The van der Waals surface area contributed by atoms with Crippen molar-refractivity contribution in [1.29, 1.82) is 0 Å². The minimum absolute atomic E-state index is 0.564. The molecule has 0 aromatic carbocycles. The van der Waals surface area contributed by atoms with Gasteiger partial charge >= 0.3 is 0 Å². The van der Waals surface area contributed by atoms with Crippen LogP contribution in [0.2, 0.25) is 5.02 Å². The van der Waals surface area contributed by atoms with E-state index in [1.165, 1.54) is 12.8 Å². The summed E-state index contributed by atoms with van der Waals surface area (Å²) in [4.78, 5) is 8.72. The van der Waals surface area contributed by atoms with Crippen molar-refractivity contribution in [3.8, 4) is 0 Å². The van der Waals surface area contributed by atoms with Gasteiger partial charge in [0.25, 0.3) is 0 Å². The summed E-state index contributed by atoms with van der Waals surface area (Å²) in [6.07, 6.45) is 4.94. The first-order valence-electron chi connectivity index (χ1n) is 4.95. The van der Waals surface area contributed by atoms with Gasteiger partial charge in [0.1, 0.15) is 0 Å². The molecule has 1 saturated carbocycles. The Labute approximate surface area is 89.0 Å². The van der Waals surface area contributed by atoms with Crippen molar-refractivity contribution in [2.75, 3.05) is 0 Å². The third kappa shape index (κ3) is 1.67. The molecule has 1 heterocycles. The zero-order valence-corrected chi connectivity index (χ0v) is 9.01. The van der Waals surface area contributed by atoms with E-state index in [4.69, 9.17) is 11.6 Å². The highest BCUT2D eigenvalue weighted by atomic mass is 35.5. The maximum absolute atomic E-state index is 6.21. The van der Waals surface area contributed by atoms with Gasteiger partial charge < -0.3 is 0 Å². The fraction of sp³-hybridized carbons (Fsp3) is 0.455. The quantitative estimate of drug-likeness (QED) is 0.763. The van der Waals surface area contributed by atoms with E-state index >= 15 is 0 Å². The third-order valence-corrected chi connectivity index (χ3v) is 2.86. The molecule has 14 heavy (non-hydrogen) atoms. The van der Waals surface area contributed by atoms with E-state index in [2.05, 4.69) is 23.5 Å². The lowest BCUT2D eigenvalue weighted by Crippen LogP contribution is -2.00. The van der Waals surface area contributed by atoms with E-state index < -0.39 is 0 Å². The number of aromatic nitrogens is 2. The van der Waals surface area contributed by atoms with E-state index in [1.807, 2.05) is 0 Å². The maximum atomic E-state index is 6.21. The second kappa shape index (κ2) is 3.70. The van der Waals surface area contributed by atoms with Crippen molar-refractivity contribution in [2.45, 2.75) is 32.1 Å². The highest BCUT2D eigenvalue weighted by Gasteiger charge is 2.28. The topological polar surface area (TPSA) is 25.8 Å². The van der Waals surface area contributed by atoms with Crippen LogP contribution < -0.4 is 0 Å². The molecule has 1 aromatic heterocycles. The summed E-state index contributed by atoms with van der Waals surface area (Å²) in [5.74, 6) is 1.27. The van der Waals surface area contributed by atoms with Crippen LogP contribution in [-0.4, -0.2) is 9.97 Å².